The maximum absolute atomic E-state index is 4.24. The molecule has 0 fully saturated rings. The molecule has 0 unspecified atom stereocenters. The second-order valence-electron chi connectivity index (χ2n) is 5.34. The zero-order valence-electron chi connectivity index (χ0n) is 13.7. The van der Waals surface area contributed by atoms with Crippen molar-refractivity contribution >= 4 is 16.9 Å². The Balaban J connectivity index is 1.85. The fourth-order valence-electron chi connectivity index (χ4n) is 2.55. The smallest absolute Gasteiger partial charge is 0.190 e. The van der Waals surface area contributed by atoms with Crippen molar-refractivity contribution < 1.29 is 0 Å². The normalized spacial score (nSPS) is 12.2. The number of para-hydroxylation sites is 1. The van der Waals surface area contributed by atoms with Crippen LogP contribution in [-0.4, -0.2) is 31.1 Å². The number of fused-ring (bicyclic) bond motifs is 1. The molecular formula is C18H26N4. The number of hydrogen-bond acceptors (Lipinski definition) is 1. The largest absolute Gasteiger partial charge is 0.361 e. The summed E-state index contributed by atoms with van der Waals surface area (Å²) in [6.45, 7) is 5.94. The molecule has 1 heterocycles. The molecule has 0 aliphatic carbocycles. The number of aromatic nitrogens is 1. The Morgan fingerprint density at radius 2 is 2.09 bits per heavy atom. The number of aliphatic imine (C=N–C) groups is 1. The number of allylic oxidation sites excluding steroid dienone is 1. The molecule has 22 heavy (non-hydrogen) atoms. The van der Waals surface area contributed by atoms with Crippen LogP contribution in [0.1, 0.15) is 24.5 Å². The lowest BCUT2D eigenvalue weighted by atomic mass is 10.1. The van der Waals surface area contributed by atoms with Crippen molar-refractivity contribution in [2.75, 3.05) is 20.1 Å². The Morgan fingerprint density at radius 3 is 2.86 bits per heavy atom. The summed E-state index contributed by atoms with van der Waals surface area (Å²) in [6, 6.07) is 6.43. The maximum atomic E-state index is 4.24. The van der Waals surface area contributed by atoms with E-state index in [1.165, 1.54) is 22.0 Å². The van der Waals surface area contributed by atoms with Crippen molar-refractivity contribution in [2.45, 2.75) is 26.7 Å². The average Bonchev–Trinajstić information content (AvgIpc) is 2.94. The summed E-state index contributed by atoms with van der Waals surface area (Å²) in [5.74, 6) is 0.862. The first-order valence-corrected chi connectivity index (χ1v) is 7.87. The molecule has 0 bridgehead atoms. The molecule has 0 atom stereocenters. The van der Waals surface area contributed by atoms with E-state index in [0.29, 0.717) is 0 Å². The molecule has 1 aromatic carbocycles. The van der Waals surface area contributed by atoms with Crippen LogP contribution in [0.2, 0.25) is 0 Å². The van der Waals surface area contributed by atoms with E-state index in [1.807, 2.05) is 6.92 Å². The van der Waals surface area contributed by atoms with Gasteiger partial charge in [-0.3, -0.25) is 4.99 Å². The van der Waals surface area contributed by atoms with E-state index in [-0.39, 0.29) is 0 Å². The zero-order chi connectivity index (χ0) is 15.8. The van der Waals surface area contributed by atoms with Gasteiger partial charge in [-0.15, -0.1) is 0 Å². The van der Waals surface area contributed by atoms with Crippen LogP contribution in [0.15, 0.2) is 41.5 Å². The lowest BCUT2D eigenvalue weighted by Gasteiger charge is -2.10. The van der Waals surface area contributed by atoms with E-state index in [9.17, 15) is 0 Å². The minimum atomic E-state index is 0.862. The van der Waals surface area contributed by atoms with Crippen LogP contribution in [0.25, 0.3) is 10.9 Å². The maximum Gasteiger partial charge on any atom is 0.190 e. The standard InChI is InChI=1S/C18H26N4/c1-4-5-6-11-20-18(19-3)21-12-10-15-13-22-17-14(2)8-7-9-16(15)17/h4-5,7-9,13,22H,6,10-12H2,1-3H3,(H2,19,20,21)/b5-4+. The van der Waals surface area contributed by atoms with Crippen LogP contribution < -0.4 is 10.6 Å². The van der Waals surface area contributed by atoms with Crippen molar-refractivity contribution in [1.29, 1.82) is 0 Å². The van der Waals surface area contributed by atoms with Crippen molar-refractivity contribution in [1.82, 2.24) is 15.6 Å². The van der Waals surface area contributed by atoms with E-state index in [2.05, 4.69) is 64.1 Å². The fraction of sp³-hybridized carbons (Fsp3) is 0.389. The van der Waals surface area contributed by atoms with Gasteiger partial charge in [-0.05, 0) is 37.8 Å². The molecule has 0 saturated heterocycles. The molecule has 1 aromatic heterocycles. The Hall–Kier alpha value is -2.23. The van der Waals surface area contributed by atoms with Crippen molar-refractivity contribution in [3.05, 3.63) is 47.7 Å². The fourth-order valence-corrected chi connectivity index (χ4v) is 2.55. The number of H-pyrrole nitrogens is 1. The lowest BCUT2D eigenvalue weighted by molar-refractivity contribution is 0.793. The van der Waals surface area contributed by atoms with Gasteiger partial charge in [0.05, 0.1) is 0 Å². The molecule has 0 aliphatic heterocycles. The van der Waals surface area contributed by atoms with Gasteiger partial charge in [-0.25, -0.2) is 0 Å². The van der Waals surface area contributed by atoms with E-state index in [4.69, 9.17) is 0 Å². The number of rotatable bonds is 6. The first-order chi connectivity index (χ1) is 10.8. The first kappa shape index (κ1) is 16.1. The second kappa shape index (κ2) is 8.27. The molecule has 2 rings (SSSR count). The molecule has 118 valence electrons. The Bertz CT molecular complexity index is 652. The molecule has 0 saturated carbocycles. The molecule has 4 heteroatoms. The predicted molar refractivity (Wildman–Crippen MR) is 95.5 cm³/mol. The SMILES string of the molecule is C/C=C/CCNC(=NC)NCCc1c[nH]c2c(C)cccc12. The van der Waals surface area contributed by atoms with Gasteiger partial charge in [0.1, 0.15) is 0 Å². The molecule has 3 N–H and O–H groups in total. The van der Waals surface area contributed by atoms with Gasteiger partial charge in [0, 0.05) is 37.2 Å². The van der Waals surface area contributed by atoms with Crippen molar-refractivity contribution in [3.8, 4) is 0 Å². The number of benzene rings is 1. The molecule has 0 amide bonds. The Morgan fingerprint density at radius 1 is 1.27 bits per heavy atom. The van der Waals surface area contributed by atoms with Gasteiger partial charge in [0.2, 0.25) is 0 Å². The van der Waals surface area contributed by atoms with Gasteiger partial charge >= 0.3 is 0 Å². The highest BCUT2D eigenvalue weighted by atomic mass is 15.2. The molecule has 0 spiro atoms. The number of guanidine groups is 1. The summed E-state index contributed by atoms with van der Waals surface area (Å²) >= 11 is 0. The van der Waals surface area contributed by atoms with Crippen LogP contribution in [0, 0.1) is 6.92 Å². The van der Waals surface area contributed by atoms with E-state index < -0.39 is 0 Å². The molecule has 4 nitrogen and oxygen atoms in total. The topological polar surface area (TPSA) is 52.2 Å². The van der Waals surface area contributed by atoms with Crippen LogP contribution in [0.5, 0.6) is 0 Å². The highest BCUT2D eigenvalue weighted by molar-refractivity contribution is 5.86. The minimum absolute atomic E-state index is 0.862. The first-order valence-electron chi connectivity index (χ1n) is 7.87. The third-order valence-electron chi connectivity index (χ3n) is 3.76. The van der Waals surface area contributed by atoms with Gasteiger partial charge in [-0.2, -0.15) is 0 Å². The Kier molecular flexibility index (Phi) is 6.07. The van der Waals surface area contributed by atoms with Crippen LogP contribution in [0.4, 0.5) is 0 Å². The average molecular weight is 298 g/mol. The van der Waals surface area contributed by atoms with E-state index in [1.54, 1.807) is 7.05 Å². The van der Waals surface area contributed by atoms with E-state index >= 15 is 0 Å². The summed E-state index contributed by atoms with van der Waals surface area (Å²) < 4.78 is 0. The third-order valence-corrected chi connectivity index (χ3v) is 3.76. The van der Waals surface area contributed by atoms with Crippen LogP contribution >= 0.6 is 0 Å². The molecule has 0 aliphatic rings. The summed E-state index contributed by atoms with van der Waals surface area (Å²) in [5, 5.41) is 7.99. The Labute approximate surface area is 132 Å². The van der Waals surface area contributed by atoms with Crippen LogP contribution in [-0.2, 0) is 6.42 Å². The van der Waals surface area contributed by atoms with Gasteiger partial charge < -0.3 is 15.6 Å². The summed E-state index contributed by atoms with van der Waals surface area (Å²) in [6.07, 6.45) is 8.31. The molecular weight excluding hydrogens is 272 g/mol. The van der Waals surface area contributed by atoms with Crippen molar-refractivity contribution in [2.24, 2.45) is 4.99 Å². The summed E-state index contributed by atoms with van der Waals surface area (Å²) in [7, 11) is 1.81. The minimum Gasteiger partial charge on any atom is -0.361 e. The summed E-state index contributed by atoms with van der Waals surface area (Å²) in [5.41, 5.74) is 3.88. The number of hydrogen-bond donors (Lipinski definition) is 3. The third kappa shape index (κ3) is 4.13. The highest BCUT2D eigenvalue weighted by Crippen LogP contribution is 2.21. The van der Waals surface area contributed by atoms with E-state index in [0.717, 1.165) is 31.9 Å². The lowest BCUT2D eigenvalue weighted by Crippen LogP contribution is -2.38. The van der Waals surface area contributed by atoms with Gasteiger partial charge in [0.15, 0.2) is 5.96 Å². The number of nitrogens with one attached hydrogen (secondary N) is 3. The zero-order valence-corrected chi connectivity index (χ0v) is 13.7. The van der Waals surface area contributed by atoms with Gasteiger partial charge in [-0.1, -0.05) is 30.4 Å². The number of aromatic amines is 1. The number of aryl methyl sites for hydroxylation is 1. The van der Waals surface area contributed by atoms with Gasteiger partial charge in [0.25, 0.3) is 0 Å². The quantitative estimate of drug-likeness (QED) is 0.332. The highest BCUT2D eigenvalue weighted by Gasteiger charge is 2.05. The second-order valence-corrected chi connectivity index (χ2v) is 5.34. The summed E-state index contributed by atoms with van der Waals surface area (Å²) in [4.78, 5) is 7.62. The van der Waals surface area contributed by atoms with Crippen molar-refractivity contribution in [3.63, 3.8) is 0 Å². The molecule has 2 aromatic rings. The predicted octanol–water partition coefficient (Wildman–Crippen LogP) is 3.15. The molecule has 0 radical (unpaired) electrons. The number of nitrogens with zero attached hydrogens (tertiary/aromatic N) is 1. The monoisotopic (exact) mass is 298 g/mol. The van der Waals surface area contributed by atoms with Crippen LogP contribution in [0.3, 0.4) is 0 Å².